The van der Waals surface area contributed by atoms with Crippen molar-refractivity contribution in [3.05, 3.63) is 34.9 Å². The van der Waals surface area contributed by atoms with Gasteiger partial charge < -0.3 is 20.1 Å². The number of hydrogen-bond donors (Lipinski definition) is 4. The van der Waals surface area contributed by atoms with Gasteiger partial charge in [-0.2, -0.15) is 4.98 Å². The summed E-state index contributed by atoms with van der Waals surface area (Å²) in [5.41, 5.74) is 0.533. The number of benzene rings is 1. The maximum Gasteiger partial charge on any atom is 0.346 e. The second kappa shape index (κ2) is 7.77. The average Bonchev–Trinajstić information content (AvgIpc) is 2.55. The summed E-state index contributed by atoms with van der Waals surface area (Å²) in [4.78, 5) is 17.6. The molecule has 0 aliphatic carbocycles. The highest BCUT2D eigenvalue weighted by Gasteiger charge is 2.18. The van der Waals surface area contributed by atoms with Crippen molar-refractivity contribution < 1.29 is 22.4 Å². The van der Waals surface area contributed by atoms with E-state index in [1.807, 2.05) is 0 Å². The van der Waals surface area contributed by atoms with Crippen LogP contribution in [0, 0.1) is 0 Å². The Morgan fingerprint density at radius 3 is 2.56 bits per heavy atom. The first-order chi connectivity index (χ1) is 11.6. The molecule has 0 radical (unpaired) electrons. The molecule has 1 atom stereocenters. The Morgan fingerprint density at radius 2 is 2.00 bits per heavy atom. The van der Waals surface area contributed by atoms with Crippen molar-refractivity contribution in [2.24, 2.45) is 5.14 Å². The van der Waals surface area contributed by atoms with E-state index in [9.17, 15) is 17.9 Å². The van der Waals surface area contributed by atoms with E-state index < -0.39 is 17.6 Å². The van der Waals surface area contributed by atoms with Gasteiger partial charge in [0.25, 0.3) is 0 Å². The highest BCUT2D eigenvalue weighted by molar-refractivity contribution is 9.10. The average molecular weight is 452 g/mol. The molecule has 0 bridgehead atoms. The lowest BCUT2D eigenvalue weighted by Crippen LogP contribution is -2.12. The van der Waals surface area contributed by atoms with E-state index in [0.29, 0.717) is 10.2 Å². The fourth-order valence-electron chi connectivity index (χ4n) is 1.65. The Labute approximate surface area is 152 Å². The van der Waals surface area contributed by atoms with Gasteiger partial charge in [0.05, 0.1) is 9.37 Å². The Morgan fingerprint density at radius 1 is 1.36 bits per heavy atom. The van der Waals surface area contributed by atoms with Crippen LogP contribution in [-0.2, 0) is 19.1 Å². The van der Waals surface area contributed by atoms with Gasteiger partial charge in [-0.25, -0.2) is 18.5 Å². The molecular weight excluding hydrogens is 437 g/mol. The number of hydrogen-bond acceptors (Lipinski definition) is 8. The first kappa shape index (κ1) is 19.8. The van der Waals surface area contributed by atoms with E-state index in [2.05, 4.69) is 41.1 Å². The molecule has 1 heterocycles. The zero-order valence-electron chi connectivity index (χ0n) is 12.9. The molecule has 0 spiro atoms. The summed E-state index contributed by atoms with van der Waals surface area (Å²) in [6.07, 6.45) is 1.12. The summed E-state index contributed by atoms with van der Waals surface area (Å²) < 4.78 is 38.9. The number of sulfonamides is 1. The predicted molar refractivity (Wildman–Crippen MR) is 96.2 cm³/mol. The van der Waals surface area contributed by atoms with Gasteiger partial charge in [0.15, 0.2) is 0 Å². The van der Waals surface area contributed by atoms with E-state index >= 15 is 0 Å². The lowest BCUT2D eigenvalue weighted by Gasteiger charge is -2.12. The fourth-order valence-corrected chi connectivity index (χ4v) is 2.97. The van der Waals surface area contributed by atoms with Crippen molar-refractivity contribution in [3.8, 4) is 0 Å². The summed E-state index contributed by atoms with van der Waals surface area (Å²) in [6, 6.07) is 5.70. The number of aromatic nitrogens is 2. The van der Waals surface area contributed by atoms with Crippen molar-refractivity contribution in [2.75, 3.05) is 24.0 Å². The number of halogens is 1. The van der Waals surface area contributed by atoms with Crippen LogP contribution in [0.3, 0.4) is 0 Å². The Balaban J connectivity index is 2.15. The second-order valence-corrected chi connectivity index (χ2v) is 9.11. The third-order valence-corrected chi connectivity index (χ3v) is 5.55. The molecule has 0 amide bonds. The molecule has 0 aliphatic rings. The first-order valence-electron chi connectivity index (χ1n) is 6.64. The normalized spacial score (nSPS) is 13.9. The number of nitrogens with one attached hydrogen (secondary N) is 2. The Hall–Kier alpha value is -1.56. The number of nitrogens with two attached hydrogens (primary N) is 1. The van der Waals surface area contributed by atoms with Gasteiger partial charge in [0.1, 0.15) is 12.1 Å². The van der Waals surface area contributed by atoms with Crippen molar-refractivity contribution in [1.82, 2.24) is 9.97 Å². The van der Waals surface area contributed by atoms with Gasteiger partial charge in [-0.15, -0.1) is 0 Å². The molecule has 0 fully saturated rings. The standard InChI is InChI=1S/C12H15BrN5O5PS/c1-23-24(19,20)7-16-11-10(13)6-15-12(18-11)17-8-2-4-9(5-3-8)25(14,21)22/h2-6H,7H2,1H3,(H,19,20)(H2,14,21,22)(H2,15,16,17,18). The SMILES string of the molecule is COP(=O)(O)CNc1nc(Nc2ccc(S(N)(=O)=O)cc2)ncc1Br. The monoisotopic (exact) mass is 451 g/mol. The van der Waals surface area contributed by atoms with Crippen LogP contribution in [-0.4, -0.2) is 36.7 Å². The highest BCUT2D eigenvalue weighted by atomic mass is 79.9. The van der Waals surface area contributed by atoms with Crippen molar-refractivity contribution >= 4 is 51.0 Å². The van der Waals surface area contributed by atoms with Crippen LogP contribution in [0.2, 0.25) is 0 Å². The third-order valence-electron chi connectivity index (χ3n) is 2.91. The fraction of sp³-hybridized carbons (Fsp3) is 0.167. The van der Waals surface area contributed by atoms with Crippen LogP contribution in [0.4, 0.5) is 17.5 Å². The predicted octanol–water partition coefficient (Wildman–Crippen LogP) is 1.83. The summed E-state index contributed by atoms with van der Waals surface area (Å²) in [7, 11) is -6.37. The minimum atomic E-state index is -3.77. The molecule has 0 saturated carbocycles. The van der Waals surface area contributed by atoms with Crippen LogP contribution >= 0.6 is 23.5 Å². The van der Waals surface area contributed by atoms with Gasteiger partial charge in [0.2, 0.25) is 16.0 Å². The van der Waals surface area contributed by atoms with Crippen molar-refractivity contribution in [2.45, 2.75) is 4.90 Å². The van der Waals surface area contributed by atoms with Crippen LogP contribution < -0.4 is 15.8 Å². The molecule has 1 unspecified atom stereocenters. The van der Waals surface area contributed by atoms with E-state index in [-0.39, 0.29) is 22.9 Å². The molecule has 0 aliphatic heterocycles. The van der Waals surface area contributed by atoms with Crippen molar-refractivity contribution in [3.63, 3.8) is 0 Å². The number of anilines is 3. The topological polar surface area (TPSA) is 157 Å². The smallest absolute Gasteiger partial charge is 0.346 e. The maximum absolute atomic E-state index is 11.5. The van der Waals surface area contributed by atoms with Crippen LogP contribution in [0.25, 0.3) is 0 Å². The van der Waals surface area contributed by atoms with Crippen molar-refractivity contribution in [1.29, 1.82) is 0 Å². The zero-order valence-corrected chi connectivity index (χ0v) is 16.2. The molecule has 1 aromatic carbocycles. The summed E-state index contributed by atoms with van der Waals surface area (Å²) in [5, 5.41) is 10.6. The minimum absolute atomic E-state index is 0.0182. The van der Waals surface area contributed by atoms with Gasteiger partial charge in [-0.1, -0.05) is 0 Å². The van der Waals surface area contributed by atoms with Crippen LogP contribution in [0.5, 0.6) is 0 Å². The number of nitrogens with zero attached hydrogens (tertiary/aromatic N) is 2. The van der Waals surface area contributed by atoms with Crippen LogP contribution in [0.15, 0.2) is 39.8 Å². The van der Waals surface area contributed by atoms with Crippen LogP contribution in [0.1, 0.15) is 0 Å². The van der Waals surface area contributed by atoms with Gasteiger partial charge in [0, 0.05) is 19.0 Å². The van der Waals surface area contributed by atoms with Gasteiger partial charge >= 0.3 is 7.60 Å². The quantitative estimate of drug-likeness (QED) is 0.460. The van der Waals surface area contributed by atoms with E-state index in [4.69, 9.17) is 5.14 Å². The molecule has 25 heavy (non-hydrogen) atoms. The number of rotatable bonds is 7. The molecule has 136 valence electrons. The highest BCUT2D eigenvalue weighted by Crippen LogP contribution is 2.40. The molecule has 1 aromatic heterocycles. The summed E-state index contributed by atoms with van der Waals surface area (Å²) in [6.45, 7) is 0. The lowest BCUT2D eigenvalue weighted by molar-refractivity contribution is 0.317. The molecule has 13 heteroatoms. The minimum Gasteiger partial charge on any atom is -0.358 e. The summed E-state index contributed by atoms with van der Waals surface area (Å²) >= 11 is 3.23. The second-order valence-electron chi connectivity index (χ2n) is 4.74. The van der Waals surface area contributed by atoms with Gasteiger partial charge in [-0.05, 0) is 40.2 Å². The van der Waals surface area contributed by atoms with E-state index in [1.54, 1.807) is 0 Å². The molecule has 0 saturated heterocycles. The molecule has 5 N–H and O–H groups in total. The maximum atomic E-state index is 11.5. The Kier molecular flexibility index (Phi) is 6.14. The third kappa shape index (κ3) is 5.73. The molecule has 2 rings (SSSR count). The lowest BCUT2D eigenvalue weighted by atomic mass is 10.3. The molecule has 2 aromatic rings. The summed E-state index contributed by atoms with van der Waals surface area (Å²) in [5.74, 6) is 0.476. The number of primary sulfonamides is 1. The zero-order chi connectivity index (χ0) is 18.7. The Bertz CT molecular complexity index is 909. The molecular formula is C12H15BrN5O5PS. The molecule has 10 nitrogen and oxygen atoms in total. The van der Waals surface area contributed by atoms with Gasteiger partial charge in [-0.3, -0.25) is 4.57 Å². The van der Waals surface area contributed by atoms with E-state index in [0.717, 1.165) is 7.11 Å². The first-order valence-corrected chi connectivity index (χ1v) is 10.7. The largest absolute Gasteiger partial charge is 0.358 e. The van der Waals surface area contributed by atoms with E-state index in [1.165, 1.54) is 30.5 Å².